The SMILES string of the molecule is CCCC#Cc1ccc(-c2ccc(NC)cc2)cc1. The zero-order chi connectivity index (χ0) is 13.5. The van der Waals surface area contributed by atoms with Crippen LogP contribution in [0.3, 0.4) is 0 Å². The fourth-order valence-corrected chi connectivity index (χ4v) is 1.86. The monoisotopic (exact) mass is 249 g/mol. The maximum Gasteiger partial charge on any atom is 0.0337 e. The van der Waals surface area contributed by atoms with E-state index in [4.69, 9.17) is 0 Å². The van der Waals surface area contributed by atoms with Crippen LogP contribution in [0.4, 0.5) is 5.69 Å². The maximum atomic E-state index is 3.18. The summed E-state index contributed by atoms with van der Waals surface area (Å²) >= 11 is 0. The molecule has 0 radical (unpaired) electrons. The first-order valence-electron chi connectivity index (χ1n) is 6.70. The Morgan fingerprint density at radius 1 is 0.895 bits per heavy atom. The molecule has 1 nitrogen and oxygen atoms in total. The Bertz CT molecular complexity index is 568. The predicted octanol–water partition coefficient (Wildman–Crippen LogP) is 4.55. The van der Waals surface area contributed by atoms with E-state index in [1.807, 2.05) is 7.05 Å². The molecule has 0 heterocycles. The Morgan fingerprint density at radius 2 is 1.47 bits per heavy atom. The minimum atomic E-state index is 0.966. The van der Waals surface area contributed by atoms with Crippen LogP contribution in [-0.4, -0.2) is 7.05 Å². The summed E-state index contributed by atoms with van der Waals surface area (Å²) < 4.78 is 0. The molecule has 0 unspecified atom stereocenters. The summed E-state index contributed by atoms with van der Waals surface area (Å²) in [7, 11) is 1.93. The number of hydrogen-bond donors (Lipinski definition) is 1. The molecule has 1 N–H and O–H groups in total. The minimum absolute atomic E-state index is 0.966. The van der Waals surface area contributed by atoms with Gasteiger partial charge in [-0.3, -0.25) is 0 Å². The highest BCUT2D eigenvalue weighted by Gasteiger charge is 1.97. The molecule has 0 fully saturated rings. The van der Waals surface area contributed by atoms with Gasteiger partial charge < -0.3 is 5.32 Å². The third-order valence-electron chi connectivity index (χ3n) is 3.00. The molecule has 0 aliphatic carbocycles. The van der Waals surface area contributed by atoms with Crippen LogP contribution in [0.25, 0.3) is 11.1 Å². The van der Waals surface area contributed by atoms with E-state index in [2.05, 4.69) is 72.6 Å². The van der Waals surface area contributed by atoms with Crippen molar-refractivity contribution in [3.05, 3.63) is 54.1 Å². The van der Waals surface area contributed by atoms with E-state index >= 15 is 0 Å². The second-order valence-electron chi connectivity index (χ2n) is 4.46. The van der Waals surface area contributed by atoms with E-state index in [-0.39, 0.29) is 0 Å². The van der Waals surface area contributed by atoms with Gasteiger partial charge in [0.15, 0.2) is 0 Å². The van der Waals surface area contributed by atoms with E-state index in [1.54, 1.807) is 0 Å². The molecule has 2 aromatic carbocycles. The predicted molar refractivity (Wildman–Crippen MR) is 83.2 cm³/mol. The van der Waals surface area contributed by atoms with Crippen molar-refractivity contribution >= 4 is 5.69 Å². The number of anilines is 1. The quantitative estimate of drug-likeness (QED) is 0.787. The summed E-state index contributed by atoms with van der Waals surface area (Å²) in [5.74, 6) is 6.35. The lowest BCUT2D eigenvalue weighted by atomic mass is 10.0. The molecule has 0 spiro atoms. The van der Waals surface area contributed by atoms with Gasteiger partial charge in [-0.25, -0.2) is 0 Å². The first kappa shape index (κ1) is 13.2. The van der Waals surface area contributed by atoms with Gasteiger partial charge in [0.2, 0.25) is 0 Å². The van der Waals surface area contributed by atoms with Crippen molar-refractivity contribution < 1.29 is 0 Å². The molecule has 0 bridgehead atoms. The minimum Gasteiger partial charge on any atom is -0.388 e. The Labute approximate surface area is 115 Å². The molecular formula is C18H19N. The van der Waals surface area contributed by atoms with Crippen LogP contribution >= 0.6 is 0 Å². The molecule has 0 aromatic heterocycles. The van der Waals surface area contributed by atoms with Crippen molar-refractivity contribution in [2.45, 2.75) is 19.8 Å². The number of nitrogens with one attached hydrogen (secondary N) is 1. The van der Waals surface area contributed by atoms with Gasteiger partial charge in [0.05, 0.1) is 0 Å². The van der Waals surface area contributed by atoms with E-state index in [0.717, 1.165) is 24.1 Å². The van der Waals surface area contributed by atoms with Gasteiger partial charge in [-0.15, -0.1) is 0 Å². The number of benzene rings is 2. The van der Waals surface area contributed by atoms with Gasteiger partial charge in [-0.1, -0.05) is 43.0 Å². The van der Waals surface area contributed by atoms with Gasteiger partial charge >= 0.3 is 0 Å². The first-order valence-corrected chi connectivity index (χ1v) is 6.70. The van der Waals surface area contributed by atoms with E-state index in [1.165, 1.54) is 11.1 Å². The van der Waals surface area contributed by atoms with Gasteiger partial charge in [0.25, 0.3) is 0 Å². The second-order valence-corrected chi connectivity index (χ2v) is 4.46. The van der Waals surface area contributed by atoms with Gasteiger partial charge in [-0.05, 0) is 41.8 Å². The number of hydrogen-bond acceptors (Lipinski definition) is 1. The van der Waals surface area contributed by atoms with Crippen LogP contribution in [0.15, 0.2) is 48.5 Å². The lowest BCUT2D eigenvalue weighted by molar-refractivity contribution is 0.983. The fourth-order valence-electron chi connectivity index (χ4n) is 1.86. The van der Waals surface area contributed by atoms with Crippen LogP contribution in [0.1, 0.15) is 25.3 Å². The van der Waals surface area contributed by atoms with Gasteiger partial charge in [0.1, 0.15) is 0 Å². The summed E-state index contributed by atoms with van der Waals surface area (Å²) in [4.78, 5) is 0. The molecule has 2 aromatic rings. The molecule has 0 amide bonds. The van der Waals surface area contributed by atoms with Crippen molar-refractivity contribution in [2.75, 3.05) is 12.4 Å². The number of rotatable bonds is 3. The molecular weight excluding hydrogens is 230 g/mol. The lowest BCUT2D eigenvalue weighted by Gasteiger charge is -2.04. The van der Waals surface area contributed by atoms with E-state index in [0.29, 0.717) is 0 Å². The smallest absolute Gasteiger partial charge is 0.0337 e. The molecule has 0 atom stereocenters. The fraction of sp³-hybridized carbons (Fsp3) is 0.222. The van der Waals surface area contributed by atoms with Gasteiger partial charge in [0, 0.05) is 24.7 Å². The topological polar surface area (TPSA) is 12.0 Å². The summed E-state index contributed by atoms with van der Waals surface area (Å²) in [6, 6.07) is 16.9. The van der Waals surface area contributed by atoms with Crippen LogP contribution in [0, 0.1) is 11.8 Å². The second kappa shape index (κ2) is 6.66. The Hall–Kier alpha value is -2.20. The summed E-state index contributed by atoms with van der Waals surface area (Å²) in [6.07, 6.45) is 2.08. The molecule has 0 aliphatic rings. The number of unbranched alkanes of at least 4 members (excludes halogenated alkanes) is 1. The Balaban J connectivity index is 2.15. The van der Waals surface area contributed by atoms with Crippen molar-refractivity contribution in [1.29, 1.82) is 0 Å². The molecule has 2 rings (SSSR count). The van der Waals surface area contributed by atoms with Crippen LogP contribution < -0.4 is 5.32 Å². The summed E-state index contributed by atoms with van der Waals surface area (Å²) in [5, 5.41) is 3.13. The summed E-state index contributed by atoms with van der Waals surface area (Å²) in [6.45, 7) is 2.15. The normalized spacial score (nSPS) is 9.58. The average molecular weight is 249 g/mol. The van der Waals surface area contributed by atoms with Crippen LogP contribution in [-0.2, 0) is 0 Å². The zero-order valence-corrected chi connectivity index (χ0v) is 11.5. The Kier molecular flexibility index (Phi) is 4.64. The molecule has 1 heteroatoms. The van der Waals surface area contributed by atoms with Crippen LogP contribution in [0.2, 0.25) is 0 Å². The molecule has 19 heavy (non-hydrogen) atoms. The van der Waals surface area contributed by atoms with E-state index in [9.17, 15) is 0 Å². The molecule has 0 saturated carbocycles. The molecule has 96 valence electrons. The average Bonchev–Trinajstić information content (AvgIpc) is 2.48. The standard InChI is InChI=1S/C18H19N/c1-3-4-5-6-15-7-9-16(10-8-15)17-11-13-18(19-2)14-12-17/h7-14,19H,3-4H2,1-2H3. The van der Waals surface area contributed by atoms with Crippen molar-refractivity contribution in [2.24, 2.45) is 0 Å². The largest absolute Gasteiger partial charge is 0.388 e. The summed E-state index contributed by atoms with van der Waals surface area (Å²) in [5.41, 5.74) is 4.67. The highest BCUT2D eigenvalue weighted by Crippen LogP contribution is 2.21. The van der Waals surface area contributed by atoms with Crippen molar-refractivity contribution in [1.82, 2.24) is 0 Å². The molecule has 0 saturated heterocycles. The highest BCUT2D eigenvalue weighted by molar-refractivity contribution is 5.66. The zero-order valence-electron chi connectivity index (χ0n) is 11.5. The van der Waals surface area contributed by atoms with Crippen molar-refractivity contribution in [3.8, 4) is 23.0 Å². The molecule has 0 aliphatic heterocycles. The van der Waals surface area contributed by atoms with Crippen molar-refractivity contribution in [3.63, 3.8) is 0 Å². The Morgan fingerprint density at radius 3 is 2.00 bits per heavy atom. The van der Waals surface area contributed by atoms with Crippen LogP contribution in [0.5, 0.6) is 0 Å². The van der Waals surface area contributed by atoms with Gasteiger partial charge in [-0.2, -0.15) is 0 Å². The van der Waals surface area contributed by atoms with E-state index < -0.39 is 0 Å². The third kappa shape index (κ3) is 3.63. The third-order valence-corrected chi connectivity index (χ3v) is 3.00. The maximum absolute atomic E-state index is 3.18. The first-order chi connectivity index (χ1) is 9.33. The lowest BCUT2D eigenvalue weighted by Crippen LogP contribution is -1.87. The highest BCUT2D eigenvalue weighted by atomic mass is 14.8.